The smallest absolute Gasteiger partial charge is 0.141 e. The van der Waals surface area contributed by atoms with Gasteiger partial charge in [-0.15, -0.1) is 6.42 Å². The average Bonchev–Trinajstić information content (AvgIpc) is 2.51. The minimum atomic E-state index is -0.440. The number of terminal acetylenes is 1. The maximum absolute atomic E-state index is 13.4. The van der Waals surface area contributed by atoms with Crippen molar-refractivity contribution < 1.29 is 9.60 Å². The highest BCUT2D eigenvalue weighted by molar-refractivity contribution is 5.72. The van der Waals surface area contributed by atoms with E-state index in [-0.39, 0.29) is 12.1 Å². The predicted molar refractivity (Wildman–Crippen MR) is 80.6 cm³/mol. The summed E-state index contributed by atoms with van der Waals surface area (Å²) >= 11 is 0. The van der Waals surface area contributed by atoms with E-state index in [1.807, 2.05) is 0 Å². The fraction of sp³-hybridized carbons (Fsp3) is 0.125. The van der Waals surface area contributed by atoms with Crippen molar-refractivity contribution in [2.45, 2.75) is 13.5 Å². The molecule has 0 fully saturated rings. The van der Waals surface area contributed by atoms with E-state index in [4.69, 9.17) is 6.42 Å². The Morgan fingerprint density at radius 1 is 1.41 bits per heavy atom. The van der Waals surface area contributed by atoms with Crippen LogP contribution >= 0.6 is 0 Å². The van der Waals surface area contributed by atoms with Gasteiger partial charge in [-0.05, 0) is 31.2 Å². The Balaban J connectivity index is 1.99. The van der Waals surface area contributed by atoms with Gasteiger partial charge in [-0.2, -0.15) is 0 Å². The lowest BCUT2D eigenvalue weighted by Crippen LogP contribution is -2.22. The molecule has 0 bridgehead atoms. The van der Waals surface area contributed by atoms with Crippen molar-refractivity contribution in [3.05, 3.63) is 52.9 Å². The maximum atomic E-state index is 13.4. The van der Waals surface area contributed by atoms with Crippen LogP contribution in [-0.4, -0.2) is 20.2 Å². The lowest BCUT2D eigenvalue weighted by molar-refractivity contribution is -0.0647. The van der Waals surface area contributed by atoms with Crippen LogP contribution in [0.15, 0.2) is 30.2 Å². The first-order valence-electron chi connectivity index (χ1n) is 6.60. The summed E-state index contributed by atoms with van der Waals surface area (Å²) in [5.74, 6) is 2.43. The number of nitrogens with one attached hydrogen (secondary N) is 1. The molecule has 1 aliphatic rings. The summed E-state index contributed by atoms with van der Waals surface area (Å²) in [6.45, 7) is 2.07. The third kappa shape index (κ3) is 2.50. The van der Waals surface area contributed by atoms with Gasteiger partial charge in [0, 0.05) is 16.9 Å². The molecule has 6 heteroatoms. The zero-order valence-electron chi connectivity index (χ0n) is 11.8. The Kier molecular flexibility index (Phi) is 3.49. The highest BCUT2D eigenvalue weighted by Crippen LogP contribution is 2.28. The van der Waals surface area contributed by atoms with Gasteiger partial charge in [-0.1, -0.05) is 5.92 Å². The number of aromatic nitrogens is 2. The third-order valence-corrected chi connectivity index (χ3v) is 3.41. The lowest BCUT2D eigenvalue weighted by atomic mass is 10.1. The standard InChI is InChI=1S/C16H13FN4O/c1-3-11-7-12(4-5-14(11)17)20-16-13-6-10(2)21(22)8-15(13)18-9-19-16/h1,4-7,9,22H,8H2,2H3,(H,18,19,20). The number of benzene rings is 1. The van der Waals surface area contributed by atoms with E-state index in [1.165, 1.54) is 12.4 Å². The molecule has 2 aromatic rings. The Morgan fingerprint density at radius 2 is 2.23 bits per heavy atom. The number of nitrogens with zero attached hydrogens (tertiary/aromatic N) is 3. The molecule has 0 spiro atoms. The lowest BCUT2D eigenvalue weighted by Gasteiger charge is -2.24. The number of allylic oxidation sites excluding steroid dienone is 1. The minimum absolute atomic E-state index is 0.182. The summed E-state index contributed by atoms with van der Waals surface area (Å²) in [7, 11) is 0. The fourth-order valence-corrected chi connectivity index (χ4v) is 2.21. The highest BCUT2D eigenvalue weighted by Gasteiger charge is 2.18. The van der Waals surface area contributed by atoms with Crippen LogP contribution in [0.3, 0.4) is 0 Å². The molecule has 2 heterocycles. The van der Waals surface area contributed by atoms with Crippen molar-refractivity contribution >= 4 is 17.6 Å². The summed E-state index contributed by atoms with van der Waals surface area (Å²) in [6, 6.07) is 4.44. The van der Waals surface area contributed by atoms with Gasteiger partial charge >= 0.3 is 0 Å². The largest absolute Gasteiger partial charge is 0.340 e. The van der Waals surface area contributed by atoms with Crippen LogP contribution in [0.4, 0.5) is 15.9 Å². The van der Waals surface area contributed by atoms with Crippen molar-refractivity contribution in [1.29, 1.82) is 0 Å². The maximum Gasteiger partial charge on any atom is 0.141 e. The summed E-state index contributed by atoms with van der Waals surface area (Å²) in [5.41, 5.74) is 2.99. The van der Waals surface area contributed by atoms with E-state index in [0.29, 0.717) is 22.9 Å². The number of fused-ring (bicyclic) bond motifs is 1. The number of hydrogen-bond acceptors (Lipinski definition) is 5. The molecule has 0 saturated carbocycles. The minimum Gasteiger partial charge on any atom is -0.340 e. The van der Waals surface area contributed by atoms with Crippen molar-refractivity contribution in [1.82, 2.24) is 15.0 Å². The Bertz CT molecular complexity index is 810. The number of halogens is 1. The quantitative estimate of drug-likeness (QED) is 0.834. The average molecular weight is 296 g/mol. The van der Waals surface area contributed by atoms with Crippen molar-refractivity contribution in [3.8, 4) is 12.3 Å². The molecule has 0 radical (unpaired) electrons. The van der Waals surface area contributed by atoms with Crippen LogP contribution in [0.5, 0.6) is 0 Å². The molecule has 1 aliphatic heterocycles. The SMILES string of the molecule is C#Cc1cc(Nc2ncnc3c2C=C(C)N(O)C3)ccc1F. The molecule has 0 aliphatic carbocycles. The number of hydroxylamine groups is 2. The van der Waals surface area contributed by atoms with E-state index in [1.54, 1.807) is 25.1 Å². The van der Waals surface area contributed by atoms with Gasteiger partial charge in [0.25, 0.3) is 0 Å². The second-order valence-electron chi connectivity index (χ2n) is 4.89. The van der Waals surface area contributed by atoms with Gasteiger partial charge < -0.3 is 5.32 Å². The van der Waals surface area contributed by atoms with E-state index in [2.05, 4.69) is 21.2 Å². The Hall–Kier alpha value is -2.91. The monoisotopic (exact) mass is 296 g/mol. The van der Waals surface area contributed by atoms with E-state index >= 15 is 0 Å². The number of hydrogen-bond donors (Lipinski definition) is 2. The topological polar surface area (TPSA) is 61.3 Å². The zero-order chi connectivity index (χ0) is 15.7. The molecule has 0 amide bonds. The van der Waals surface area contributed by atoms with Gasteiger partial charge in [-0.3, -0.25) is 10.3 Å². The summed E-state index contributed by atoms with van der Waals surface area (Å²) < 4.78 is 13.4. The molecular formula is C16H13FN4O. The molecule has 3 rings (SSSR count). The molecule has 1 aromatic carbocycles. The van der Waals surface area contributed by atoms with E-state index in [9.17, 15) is 9.60 Å². The molecule has 5 nitrogen and oxygen atoms in total. The normalized spacial score (nSPS) is 13.2. The van der Waals surface area contributed by atoms with Crippen LogP contribution in [0.25, 0.3) is 6.08 Å². The van der Waals surface area contributed by atoms with Gasteiger partial charge in [-0.25, -0.2) is 14.4 Å². The highest BCUT2D eigenvalue weighted by atomic mass is 19.1. The Labute approximate surface area is 127 Å². The molecule has 0 atom stereocenters. The molecule has 110 valence electrons. The molecule has 0 unspecified atom stereocenters. The Morgan fingerprint density at radius 3 is 3.00 bits per heavy atom. The number of anilines is 2. The zero-order valence-corrected chi connectivity index (χ0v) is 11.8. The van der Waals surface area contributed by atoms with Crippen LogP contribution < -0.4 is 5.32 Å². The second-order valence-corrected chi connectivity index (χ2v) is 4.89. The van der Waals surface area contributed by atoms with Gasteiger partial charge in [0.15, 0.2) is 0 Å². The van der Waals surface area contributed by atoms with Crippen molar-refractivity contribution in [2.24, 2.45) is 0 Å². The molecule has 1 aromatic heterocycles. The van der Waals surface area contributed by atoms with Gasteiger partial charge in [0.2, 0.25) is 0 Å². The van der Waals surface area contributed by atoms with Crippen LogP contribution in [0.1, 0.15) is 23.7 Å². The van der Waals surface area contributed by atoms with Crippen molar-refractivity contribution in [3.63, 3.8) is 0 Å². The van der Waals surface area contributed by atoms with Gasteiger partial charge in [0.1, 0.15) is 18.0 Å². The number of rotatable bonds is 2. The summed E-state index contributed by atoms with van der Waals surface area (Å²) in [5, 5.41) is 14.0. The molecular weight excluding hydrogens is 283 g/mol. The van der Waals surface area contributed by atoms with E-state index < -0.39 is 5.82 Å². The molecule has 0 saturated heterocycles. The molecule has 22 heavy (non-hydrogen) atoms. The van der Waals surface area contributed by atoms with Crippen LogP contribution in [-0.2, 0) is 6.54 Å². The third-order valence-electron chi connectivity index (χ3n) is 3.41. The fourth-order valence-electron chi connectivity index (χ4n) is 2.21. The second kappa shape index (κ2) is 5.47. The first kappa shape index (κ1) is 14.0. The summed E-state index contributed by atoms with van der Waals surface area (Å²) in [4.78, 5) is 8.38. The molecule has 2 N–H and O–H groups in total. The van der Waals surface area contributed by atoms with Crippen LogP contribution in [0, 0.1) is 18.2 Å². The first-order valence-corrected chi connectivity index (χ1v) is 6.60. The predicted octanol–water partition coefficient (Wildman–Crippen LogP) is 2.91. The van der Waals surface area contributed by atoms with Crippen molar-refractivity contribution in [2.75, 3.05) is 5.32 Å². The van der Waals surface area contributed by atoms with Gasteiger partial charge in [0.05, 0.1) is 17.8 Å². The first-order chi connectivity index (χ1) is 10.6. The van der Waals surface area contributed by atoms with Crippen LogP contribution in [0.2, 0.25) is 0 Å². The summed E-state index contributed by atoms with van der Waals surface area (Å²) in [6.07, 6.45) is 8.47. The van der Waals surface area contributed by atoms with E-state index in [0.717, 1.165) is 10.6 Å².